The van der Waals surface area contributed by atoms with Crippen LogP contribution in [0.5, 0.6) is 0 Å². The minimum Gasteiger partial charge on any atom is -0.477 e. The quantitative estimate of drug-likeness (QED) is 0.0479. The Morgan fingerprint density at radius 3 is 1.60 bits per heavy atom. The maximum atomic E-state index is 13.6. The highest BCUT2D eigenvalue weighted by atomic mass is 16.8. The van der Waals surface area contributed by atoms with E-state index in [1.54, 1.807) is 0 Å². The molecule has 0 saturated carbocycles. The summed E-state index contributed by atoms with van der Waals surface area (Å²) in [5.41, 5.74) is 0. The van der Waals surface area contributed by atoms with Crippen molar-refractivity contribution in [3.05, 3.63) is 0 Å². The molecule has 35 heteroatoms. The molecule has 0 bridgehead atoms. The molecule has 0 aromatic carbocycles. The topological polar surface area (TPSA) is 550 Å². The molecule has 6 fully saturated rings. The molecule has 6 aliphatic rings. The molecule has 35 nitrogen and oxygen atoms in total. The van der Waals surface area contributed by atoms with E-state index < -0.39 is 247 Å². The highest BCUT2D eigenvalue weighted by molar-refractivity contribution is 5.76. The number of hydrogen-bond donors (Lipinski definition) is 20. The van der Waals surface area contributed by atoms with Gasteiger partial charge in [0.25, 0.3) is 5.79 Å². The van der Waals surface area contributed by atoms with Gasteiger partial charge < -0.3 is 159 Å². The fourth-order valence-electron chi connectivity index (χ4n) is 10.2. The molecule has 80 heavy (non-hydrogen) atoms. The van der Waals surface area contributed by atoms with E-state index in [-0.39, 0.29) is 6.61 Å². The molecule has 15 unspecified atom stereocenters. The molecule has 2 amide bonds. The minimum absolute atomic E-state index is 0.0523. The summed E-state index contributed by atoms with van der Waals surface area (Å²) >= 11 is 0. The molecular weight excluding hydrogens is 1100 g/mol. The lowest BCUT2D eigenvalue weighted by Gasteiger charge is -2.53. The first-order valence-corrected chi connectivity index (χ1v) is 25.6. The average Bonchev–Trinajstić information content (AvgIpc) is 3.41. The van der Waals surface area contributed by atoms with Gasteiger partial charge in [0.15, 0.2) is 31.5 Å². The summed E-state index contributed by atoms with van der Waals surface area (Å²) in [6.07, 6.45) is -57.4. The van der Waals surface area contributed by atoms with Gasteiger partial charge in [0.1, 0.15) is 134 Å². The third-order valence-electron chi connectivity index (χ3n) is 14.5. The lowest BCUT2D eigenvalue weighted by atomic mass is 9.88. The number of rotatable bonds is 22. The Balaban J connectivity index is 1.43. The molecule has 0 spiro atoms. The van der Waals surface area contributed by atoms with Crippen LogP contribution >= 0.6 is 0 Å². The highest BCUT2D eigenvalue weighted by Gasteiger charge is 2.62. The van der Waals surface area contributed by atoms with Crippen molar-refractivity contribution in [2.45, 2.75) is 224 Å². The van der Waals surface area contributed by atoms with Gasteiger partial charge in [0.05, 0.1) is 51.3 Å². The number of carbonyl (C=O) groups excluding carboxylic acids is 2. The molecule has 0 aliphatic carbocycles. The number of hydrogen-bond acceptors (Lipinski definition) is 32. The summed E-state index contributed by atoms with van der Waals surface area (Å²) in [6, 6.07) is -3.72. The van der Waals surface area contributed by atoms with Crippen LogP contribution in [0.25, 0.3) is 0 Å². The van der Waals surface area contributed by atoms with Gasteiger partial charge in [-0.15, -0.1) is 0 Å². The van der Waals surface area contributed by atoms with Crippen LogP contribution in [0.3, 0.4) is 0 Å². The maximum Gasteiger partial charge on any atom is 0.364 e. The van der Waals surface area contributed by atoms with E-state index in [2.05, 4.69) is 10.6 Å². The van der Waals surface area contributed by atoms with Crippen molar-refractivity contribution < 1.29 is 163 Å². The molecule has 6 heterocycles. The highest BCUT2D eigenvalue weighted by Crippen LogP contribution is 2.41. The van der Waals surface area contributed by atoms with Crippen LogP contribution in [-0.2, 0) is 71.2 Å². The lowest BCUT2D eigenvalue weighted by Crippen LogP contribution is -2.72. The number of aliphatic carboxylic acids is 1. The van der Waals surface area contributed by atoms with E-state index in [0.29, 0.717) is 0 Å². The van der Waals surface area contributed by atoms with Crippen molar-refractivity contribution >= 4 is 17.8 Å². The van der Waals surface area contributed by atoms with Crippen LogP contribution in [-0.4, -0.2) is 339 Å². The van der Waals surface area contributed by atoms with Gasteiger partial charge in [0.2, 0.25) is 11.8 Å². The van der Waals surface area contributed by atoms with E-state index >= 15 is 0 Å². The third-order valence-corrected chi connectivity index (χ3v) is 14.5. The number of amides is 2. The monoisotopic (exact) mass is 1170 g/mol. The lowest BCUT2D eigenvalue weighted by molar-refractivity contribution is -0.405. The summed E-state index contributed by atoms with van der Waals surface area (Å²) in [6.45, 7) is -0.873. The smallest absolute Gasteiger partial charge is 0.364 e. The van der Waals surface area contributed by atoms with Crippen LogP contribution in [0, 0.1) is 0 Å². The molecule has 464 valence electrons. The summed E-state index contributed by atoms with van der Waals surface area (Å²) in [5, 5.41) is 201. The van der Waals surface area contributed by atoms with Crippen LogP contribution in [0.2, 0.25) is 0 Å². The maximum absolute atomic E-state index is 13.6. The normalized spacial score (nSPS) is 47.2. The Morgan fingerprint density at radius 1 is 0.537 bits per heavy atom. The summed E-state index contributed by atoms with van der Waals surface area (Å²) in [4.78, 5) is 39.0. The van der Waals surface area contributed by atoms with Crippen molar-refractivity contribution in [2.24, 2.45) is 0 Å². The van der Waals surface area contributed by atoms with E-state index in [9.17, 15) is 106 Å². The van der Waals surface area contributed by atoms with Gasteiger partial charge in [-0.1, -0.05) is 0 Å². The summed E-state index contributed by atoms with van der Waals surface area (Å²) < 4.78 is 70.2. The summed E-state index contributed by atoms with van der Waals surface area (Å²) in [7, 11) is 0. The second kappa shape index (κ2) is 28.4. The van der Waals surface area contributed by atoms with Crippen LogP contribution in [0.4, 0.5) is 0 Å². The van der Waals surface area contributed by atoms with Gasteiger partial charge in [0, 0.05) is 26.9 Å². The predicted octanol–water partition coefficient (Wildman–Crippen LogP) is -12.5. The molecule has 6 saturated heterocycles. The second-order valence-electron chi connectivity index (χ2n) is 20.1. The van der Waals surface area contributed by atoms with Crippen LogP contribution in [0.15, 0.2) is 0 Å². The Bertz CT molecular complexity index is 1990. The van der Waals surface area contributed by atoms with Gasteiger partial charge in [-0.2, -0.15) is 0 Å². The number of carboxylic acids is 1. The van der Waals surface area contributed by atoms with E-state index in [1.807, 2.05) is 0 Å². The number of ether oxygens (including phenoxy) is 12. The molecule has 0 radical (unpaired) electrons. The standard InChI is InChI=1S/C45H76N2O33/c1-5-69-40-31(65)29(63)33(19(10-51)73-40)75-42-32(66)37(80-45(44(67)68)6-15(55)21(46-13(3)53)36(79-45)24(58)16(56)7-48)34(20(11-52)74-42)76-39-22(47-14(4)54)35(26(60)18(9-50)71-39)77-43-38(28(62)25(59)17(8-49)72-43)78-41-30(64)27(61)23(57)12(2)70-41/h12,15-43,48-52,55-66H,5-11H2,1-4H3,(H,46,53)(H,47,54)(H,67,68)/t12?,15-,16-,17?,18?,19?,20?,21-,22?,23-,24-,25+,26+,27+,28?,29?,30?,31?,32?,33-,34+,35?,36?,37?,38?,39-,40-,41+,42+,43+,45+/m1/s1. The largest absolute Gasteiger partial charge is 0.477 e. The molecule has 6 aliphatic heterocycles. The van der Waals surface area contributed by atoms with E-state index in [4.69, 9.17) is 56.8 Å². The van der Waals surface area contributed by atoms with E-state index in [1.165, 1.54) is 13.8 Å². The van der Waals surface area contributed by atoms with Gasteiger partial charge in [-0.05, 0) is 13.8 Å². The zero-order valence-corrected chi connectivity index (χ0v) is 43.4. The number of aliphatic hydroxyl groups excluding tert-OH is 17. The molecule has 6 rings (SSSR count). The number of aliphatic hydroxyl groups is 17. The average molecular weight is 1170 g/mol. The minimum atomic E-state index is -3.37. The molecular formula is C45H76N2O33. The summed E-state index contributed by atoms with van der Waals surface area (Å²) in [5.74, 6) is -7.35. The van der Waals surface area contributed by atoms with Crippen molar-refractivity contribution in [3.63, 3.8) is 0 Å². The van der Waals surface area contributed by atoms with Crippen LogP contribution in [0.1, 0.15) is 34.1 Å². The fourth-order valence-corrected chi connectivity index (χ4v) is 10.2. The fraction of sp³-hybridized carbons (Fsp3) is 0.933. The Morgan fingerprint density at radius 2 is 1.02 bits per heavy atom. The number of carbonyl (C=O) groups is 3. The molecule has 31 atom stereocenters. The van der Waals surface area contributed by atoms with Crippen molar-refractivity contribution in [1.29, 1.82) is 0 Å². The first-order chi connectivity index (χ1) is 37.7. The van der Waals surface area contributed by atoms with Crippen molar-refractivity contribution in [1.82, 2.24) is 10.6 Å². The van der Waals surface area contributed by atoms with Crippen molar-refractivity contribution in [2.75, 3.05) is 39.6 Å². The SMILES string of the molecule is CCO[C@@H]1OC(CO)[C@@H](O[C@@H]2OC(CO)[C@H](O[C@H]3OC(CO)[C@H](O)C(O[C@@H]4OC(CO)[C@H](O)C(O)C4O[C@@H]4OC(C)[C@@H](O)[C@H](O)C4O)C3NC(C)=O)C(O[C@]3(C(=O)O)C[C@@H](O)[C@@H](NC(C)=O)C([C@H](O)[C@H](O)CO)O3)C2O)C(O)C1O. The number of nitrogens with one attached hydrogen (secondary N) is 2. The molecule has 0 aromatic heterocycles. The van der Waals surface area contributed by atoms with E-state index in [0.717, 1.165) is 13.8 Å². The first kappa shape index (κ1) is 66.4. The zero-order chi connectivity index (χ0) is 59.4. The van der Waals surface area contributed by atoms with Crippen molar-refractivity contribution in [3.8, 4) is 0 Å². The third kappa shape index (κ3) is 14.1. The molecule has 0 aromatic rings. The second-order valence-corrected chi connectivity index (χ2v) is 20.1. The van der Waals surface area contributed by atoms with Gasteiger partial charge in [-0.25, -0.2) is 4.79 Å². The zero-order valence-electron chi connectivity index (χ0n) is 43.4. The van der Waals surface area contributed by atoms with Gasteiger partial charge >= 0.3 is 5.97 Å². The Labute approximate surface area is 454 Å². The Kier molecular flexibility index (Phi) is 23.6. The van der Waals surface area contributed by atoms with Gasteiger partial charge in [-0.3, -0.25) is 9.59 Å². The predicted molar refractivity (Wildman–Crippen MR) is 248 cm³/mol. The Hall–Kier alpha value is -2.75. The van der Waals surface area contributed by atoms with Crippen LogP contribution < -0.4 is 10.6 Å². The molecule has 20 N–H and O–H groups in total. The number of carboxylic acid groups (broad SMARTS) is 1. The first-order valence-electron chi connectivity index (χ1n) is 25.6.